The van der Waals surface area contributed by atoms with Crippen molar-refractivity contribution in [3.05, 3.63) is 41.2 Å². The molecule has 0 spiro atoms. The normalized spacial score (nSPS) is 18.0. The Hall–Kier alpha value is -2.26. The van der Waals surface area contributed by atoms with E-state index < -0.39 is 0 Å². The van der Waals surface area contributed by atoms with Crippen LogP contribution in [0.15, 0.2) is 23.8 Å². The summed E-state index contributed by atoms with van der Waals surface area (Å²) in [7, 11) is 2.03. The SMILES string of the molecule is Cn1c(Cn2cccn2)nnc1[C@@H]1CCCN(c2nc(CO)cs2)C1. The number of piperidine rings is 1. The monoisotopic (exact) mass is 359 g/mol. The maximum Gasteiger partial charge on any atom is 0.185 e. The second-order valence-corrected chi connectivity index (χ2v) is 7.14. The molecule has 0 unspecified atom stereocenters. The summed E-state index contributed by atoms with van der Waals surface area (Å²) in [5, 5.41) is 25.2. The number of rotatable bonds is 5. The molecule has 1 fully saturated rings. The number of aliphatic hydroxyl groups is 1. The molecule has 3 aromatic heterocycles. The molecule has 0 aromatic carbocycles. The van der Waals surface area contributed by atoms with Crippen LogP contribution in [-0.2, 0) is 20.2 Å². The Labute approximate surface area is 149 Å². The van der Waals surface area contributed by atoms with Gasteiger partial charge in [0.25, 0.3) is 0 Å². The zero-order valence-electron chi connectivity index (χ0n) is 14.1. The van der Waals surface area contributed by atoms with Crippen LogP contribution in [0.25, 0.3) is 0 Å². The number of aliphatic hydroxyl groups excluding tert-OH is 1. The Kier molecular flexibility index (Phi) is 4.50. The molecule has 25 heavy (non-hydrogen) atoms. The first-order valence-corrected chi connectivity index (χ1v) is 9.28. The van der Waals surface area contributed by atoms with Crippen LogP contribution in [0, 0.1) is 0 Å². The molecular formula is C16H21N7OS. The Balaban J connectivity index is 1.50. The van der Waals surface area contributed by atoms with Gasteiger partial charge in [-0.25, -0.2) is 4.98 Å². The average molecular weight is 359 g/mol. The lowest BCUT2D eigenvalue weighted by Crippen LogP contribution is -2.35. The Morgan fingerprint density at radius 1 is 1.36 bits per heavy atom. The van der Waals surface area contributed by atoms with Gasteiger partial charge in [0.1, 0.15) is 12.4 Å². The molecular weight excluding hydrogens is 338 g/mol. The third-order valence-corrected chi connectivity index (χ3v) is 5.57. The van der Waals surface area contributed by atoms with E-state index in [1.54, 1.807) is 17.5 Å². The summed E-state index contributed by atoms with van der Waals surface area (Å²) in [5.41, 5.74) is 0.738. The number of aromatic nitrogens is 6. The Morgan fingerprint density at radius 3 is 3.04 bits per heavy atom. The van der Waals surface area contributed by atoms with Gasteiger partial charge < -0.3 is 14.6 Å². The van der Waals surface area contributed by atoms with Crippen LogP contribution in [0.3, 0.4) is 0 Å². The smallest absolute Gasteiger partial charge is 0.185 e. The van der Waals surface area contributed by atoms with Gasteiger partial charge in [0.2, 0.25) is 0 Å². The number of nitrogens with zero attached hydrogens (tertiary/aromatic N) is 7. The number of hydrogen-bond acceptors (Lipinski definition) is 7. The molecule has 9 heteroatoms. The highest BCUT2D eigenvalue weighted by Crippen LogP contribution is 2.30. The van der Waals surface area contributed by atoms with Gasteiger partial charge in [-0.3, -0.25) is 4.68 Å². The second kappa shape index (κ2) is 6.93. The first kappa shape index (κ1) is 16.2. The van der Waals surface area contributed by atoms with Gasteiger partial charge in [0.15, 0.2) is 11.0 Å². The zero-order valence-corrected chi connectivity index (χ0v) is 14.9. The van der Waals surface area contributed by atoms with Crippen LogP contribution < -0.4 is 4.90 Å². The van der Waals surface area contributed by atoms with Crippen LogP contribution in [0.4, 0.5) is 5.13 Å². The maximum atomic E-state index is 9.22. The summed E-state index contributed by atoms with van der Waals surface area (Å²) >= 11 is 1.59. The van der Waals surface area contributed by atoms with E-state index in [1.165, 1.54) is 0 Å². The van der Waals surface area contributed by atoms with Gasteiger partial charge in [-0.2, -0.15) is 5.10 Å². The van der Waals surface area contributed by atoms with Crippen molar-refractivity contribution in [1.82, 2.24) is 29.5 Å². The van der Waals surface area contributed by atoms with E-state index in [-0.39, 0.29) is 6.61 Å². The maximum absolute atomic E-state index is 9.22. The molecule has 1 aliphatic rings. The standard InChI is InChI=1S/C16H21N7OS/c1-21-14(9-23-7-3-5-17-23)19-20-15(21)12-4-2-6-22(8-12)16-18-13(10-24)11-25-16/h3,5,7,11-12,24H,2,4,6,8-10H2,1H3/t12-/m1/s1. The summed E-state index contributed by atoms with van der Waals surface area (Å²) in [6.45, 7) is 2.49. The molecule has 1 aliphatic heterocycles. The van der Waals surface area contributed by atoms with E-state index >= 15 is 0 Å². The third-order valence-electron chi connectivity index (χ3n) is 4.62. The van der Waals surface area contributed by atoms with Crippen molar-refractivity contribution in [2.24, 2.45) is 7.05 Å². The lowest BCUT2D eigenvalue weighted by molar-refractivity contribution is 0.277. The van der Waals surface area contributed by atoms with E-state index in [9.17, 15) is 5.11 Å². The van der Waals surface area contributed by atoms with Crippen molar-refractivity contribution in [2.75, 3.05) is 18.0 Å². The van der Waals surface area contributed by atoms with Gasteiger partial charge >= 0.3 is 0 Å². The molecule has 0 radical (unpaired) electrons. The van der Waals surface area contributed by atoms with E-state index in [0.29, 0.717) is 12.5 Å². The van der Waals surface area contributed by atoms with Crippen molar-refractivity contribution in [3.63, 3.8) is 0 Å². The molecule has 0 aliphatic carbocycles. The summed E-state index contributed by atoms with van der Waals surface area (Å²) in [4.78, 5) is 6.79. The van der Waals surface area contributed by atoms with E-state index in [4.69, 9.17) is 0 Å². The summed E-state index contributed by atoms with van der Waals surface area (Å²) in [6.07, 6.45) is 5.89. The predicted molar refractivity (Wildman–Crippen MR) is 94.6 cm³/mol. The van der Waals surface area contributed by atoms with Crippen molar-refractivity contribution in [3.8, 4) is 0 Å². The minimum Gasteiger partial charge on any atom is -0.390 e. The Morgan fingerprint density at radius 2 is 2.28 bits per heavy atom. The Bertz CT molecular complexity index is 826. The zero-order chi connectivity index (χ0) is 17.2. The van der Waals surface area contributed by atoms with Crippen LogP contribution in [0.5, 0.6) is 0 Å². The molecule has 8 nitrogen and oxygen atoms in total. The van der Waals surface area contributed by atoms with Crippen LogP contribution in [0.2, 0.25) is 0 Å². The van der Waals surface area contributed by atoms with E-state index in [0.717, 1.165) is 48.4 Å². The largest absolute Gasteiger partial charge is 0.390 e. The minimum atomic E-state index is -0.00611. The highest BCUT2D eigenvalue weighted by molar-refractivity contribution is 7.13. The van der Waals surface area contributed by atoms with E-state index in [1.807, 2.05) is 29.4 Å². The fourth-order valence-electron chi connectivity index (χ4n) is 3.28. The quantitative estimate of drug-likeness (QED) is 0.741. The van der Waals surface area contributed by atoms with Gasteiger partial charge in [-0.1, -0.05) is 0 Å². The lowest BCUT2D eigenvalue weighted by atomic mass is 9.97. The summed E-state index contributed by atoms with van der Waals surface area (Å²) in [5.74, 6) is 2.26. The average Bonchev–Trinajstić information content (AvgIpc) is 3.38. The first-order chi connectivity index (χ1) is 12.2. The molecule has 1 atom stereocenters. The summed E-state index contributed by atoms with van der Waals surface area (Å²) in [6, 6.07) is 1.91. The van der Waals surface area contributed by atoms with Gasteiger partial charge in [-0.05, 0) is 18.9 Å². The molecule has 0 amide bonds. The highest BCUT2D eigenvalue weighted by atomic mass is 32.1. The van der Waals surface area contributed by atoms with Gasteiger partial charge in [0.05, 0.1) is 12.3 Å². The predicted octanol–water partition coefficient (Wildman–Crippen LogP) is 1.39. The van der Waals surface area contributed by atoms with Crippen molar-refractivity contribution in [2.45, 2.75) is 31.9 Å². The van der Waals surface area contributed by atoms with Gasteiger partial charge in [-0.15, -0.1) is 21.5 Å². The molecule has 132 valence electrons. The third kappa shape index (κ3) is 3.29. The number of hydrogen-bond donors (Lipinski definition) is 1. The fraction of sp³-hybridized carbons (Fsp3) is 0.500. The molecule has 1 saturated heterocycles. The topological polar surface area (TPSA) is 84.9 Å². The highest BCUT2D eigenvalue weighted by Gasteiger charge is 2.27. The van der Waals surface area contributed by atoms with Crippen LogP contribution in [0.1, 0.15) is 36.1 Å². The first-order valence-electron chi connectivity index (χ1n) is 8.40. The molecule has 3 aromatic rings. The molecule has 0 saturated carbocycles. The number of thiazole rings is 1. The number of anilines is 1. The molecule has 1 N–H and O–H groups in total. The summed E-state index contributed by atoms with van der Waals surface area (Å²) < 4.78 is 3.95. The molecule has 0 bridgehead atoms. The van der Waals surface area contributed by atoms with Gasteiger partial charge in [0, 0.05) is 43.8 Å². The fourth-order valence-corrected chi connectivity index (χ4v) is 4.14. The minimum absolute atomic E-state index is 0.00611. The second-order valence-electron chi connectivity index (χ2n) is 6.30. The molecule has 4 heterocycles. The van der Waals surface area contributed by atoms with Crippen LogP contribution in [-0.4, -0.2) is 47.7 Å². The van der Waals surface area contributed by atoms with E-state index in [2.05, 4.69) is 29.7 Å². The van der Waals surface area contributed by atoms with Crippen LogP contribution >= 0.6 is 11.3 Å². The lowest BCUT2D eigenvalue weighted by Gasteiger charge is -2.32. The van der Waals surface area contributed by atoms with Crippen molar-refractivity contribution < 1.29 is 5.11 Å². The van der Waals surface area contributed by atoms with Crippen molar-refractivity contribution in [1.29, 1.82) is 0 Å². The van der Waals surface area contributed by atoms with Crippen molar-refractivity contribution >= 4 is 16.5 Å². The molecule has 4 rings (SSSR count).